The van der Waals surface area contributed by atoms with Gasteiger partial charge in [0.05, 0.1) is 17.7 Å². The van der Waals surface area contributed by atoms with Crippen molar-refractivity contribution in [3.63, 3.8) is 0 Å². The third-order valence-electron chi connectivity index (χ3n) is 3.38. The maximum Gasteiger partial charge on any atom is 0.281 e. The second-order valence-corrected chi connectivity index (χ2v) is 6.11. The first-order chi connectivity index (χ1) is 11.5. The van der Waals surface area contributed by atoms with Gasteiger partial charge < -0.3 is 4.74 Å². The van der Waals surface area contributed by atoms with E-state index in [0.29, 0.717) is 4.88 Å². The Balaban J connectivity index is 0.00000139. The summed E-state index contributed by atoms with van der Waals surface area (Å²) in [6, 6.07) is 9.59. The SMILES string of the molecule is CC.CCc1ccc(C(=O)N/N=C(\C)c2ccc(OC)cc2C)s1. The van der Waals surface area contributed by atoms with Crippen LogP contribution in [0.3, 0.4) is 0 Å². The predicted molar refractivity (Wildman–Crippen MR) is 102 cm³/mol. The molecule has 1 aromatic carbocycles. The minimum atomic E-state index is -0.171. The van der Waals surface area contributed by atoms with Crippen LogP contribution in [0.25, 0.3) is 0 Å². The summed E-state index contributed by atoms with van der Waals surface area (Å²) in [5, 5.41) is 4.21. The van der Waals surface area contributed by atoms with E-state index in [1.165, 1.54) is 16.2 Å². The largest absolute Gasteiger partial charge is 0.497 e. The van der Waals surface area contributed by atoms with Crippen molar-refractivity contribution in [1.29, 1.82) is 0 Å². The number of hydrogen-bond acceptors (Lipinski definition) is 4. The van der Waals surface area contributed by atoms with Gasteiger partial charge in [-0.2, -0.15) is 5.10 Å². The maximum absolute atomic E-state index is 12.1. The van der Waals surface area contributed by atoms with Crippen LogP contribution in [-0.2, 0) is 6.42 Å². The summed E-state index contributed by atoms with van der Waals surface area (Å²) in [5.41, 5.74) is 5.43. The third-order valence-corrected chi connectivity index (χ3v) is 4.61. The first-order valence-electron chi connectivity index (χ1n) is 8.13. The van der Waals surface area contributed by atoms with E-state index in [9.17, 15) is 4.79 Å². The molecule has 0 unspecified atom stereocenters. The molecule has 1 amide bonds. The highest BCUT2D eigenvalue weighted by atomic mass is 32.1. The van der Waals surface area contributed by atoms with E-state index in [1.54, 1.807) is 7.11 Å². The molecule has 0 radical (unpaired) electrons. The molecule has 0 saturated heterocycles. The first kappa shape index (κ1) is 19.9. The van der Waals surface area contributed by atoms with E-state index in [2.05, 4.69) is 17.5 Å². The summed E-state index contributed by atoms with van der Waals surface area (Å²) in [7, 11) is 1.64. The summed E-state index contributed by atoms with van der Waals surface area (Å²) in [4.78, 5) is 13.9. The second-order valence-electron chi connectivity index (χ2n) is 4.94. The van der Waals surface area contributed by atoms with Gasteiger partial charge in [0.25, 0.3) is 5.91 Å². The first-order valence-corrected chi connectivity index (χ1v) is 8.95. The molecule has 5 heteroatoms. The number of nitrogens with zero attached hydrogens (tertiary/aromatic N) is 1. The molecule has 1 heterocycles. The molecule has 1 aromatic heterocycles. The van der Waals surface area contributed by atoms with Crippen molar-refractivity contribution < 1.29 is 9.53 Å². The lowest BCUT2D eigenvalue weighted by atomic mass is 10.1. The molecule has 0 fully saturated rings. The van der Waals surface area contributed by atoms with Crippen LogP contribution in [0.5, 0.6) is 5.75 Å². The fraction of sp³-hybridized carbons (Fsp3) is 0.368. The molecule has 0 aliphatic rings. The molecular formula is C19H26N2O2S. The standard InChI is InChI=1S/C17H20N2O2S.C2H6/c1-5-14-7-9-16(22-14)17(20)19-18-12(3)15-8-6-13(21-4)10-11(15)2;1-2/h6-10H,5H2,1-4H3,(H,19,20);1-2H3/b18-12+;. The number of hydrazone groups is 1. The van der Waals surface area contributed by atoms with Crippen LogP contribution in [0.1, 0.15) is 53.4 Å². The number of carbonyl (C=O) groups is 1. The summed E-state index contributed by atoms with van der Waals surface area (Å²) >= 11 is 1.50. The Morgan fingerprint density at radius 3 is 2.50 bits per heavy atom. The number of thiophene rings is 1. The zero-order valence-electron chi connectivity index (χ0n) is 15.3. The van der Waals surface area contributed by atoms with E-state index in [-0.39, 0.29) is 5.91 Å². The van der Waals surface area contributed by atoms with Crippen LogP contribution in [0.15, 0.2) is 35.4 Å². The summed E-state index contributed by atoms with van der Waals surface area (Å²) < 4.78 is 5.19. The Labute approximate surface area is 148 Å². The van der Waals surface area contributed by atoms with Crippen LogP contribution in [0, 0.1) is 6.92 Å². The van der Waals surface area contributed by atoms with Gasteiger partial charge in [-0.25, -0.2) is 5.43 Å². The van der Waals surface area contributed by atoms with Crippen LogP contribution in [0.4, 0.5) is 0 Å². The molecule has 0 atom stereocenters. The van der Waals surface area contributed by atoms with Gasteiger partial charge in [0.1, 0.15) is 5.75 Å². The molecule has 0 saturated carbocycles. The molecule has 0 spiro atoms. The lowest BCUT2D eigenvalue weighted by Gasteiger charge is -2.08. The minimum Gasteiger partial charge on any atom is -0.497 e. The van der Waals surface area contributed by atoms with E-state index in [4.69, 9.17) is 4.74 Å². The van der Waals surface area contributed by atoms with E-state index < -0.39 is 0 Å². The fourth-order valence-corrected chi connectivity index (χ4v) is 2.95. The van der Waals surface area contributed by atoms with E-state index in [0.717, 1.165) is 29.0 Å². The van der Waals surface area contributed by atoms with Crippen molar-refractivity contribution in [2.24, 2.45) is 5.10 Å². The molecule has 0 aliphatic heterocycles. The minimum absolute atomic E-state index is 0.171. The molecular weight excluding hydrogens is 320 g/mol. The Kier molecular flexibility index (Phi) is 8.19. The normalized spacial score (nSPS) is 10.7. The maximum atomic E-state index is 12.1. The van der Waals surface area contributed by atoms with Crippen molar-refractivity contribution in [2.45, 2.75) is 41.0 Å². The molecule has 1 N–H and O–H groups in total. The van der Waals surface area contributed by atoms with Crippen LogP contribution in [0.2, 0.25) is 0 Å². The zero-order valence-corrected chi connectivity index (χ0v) is 16.1. The van der Waals surface area contributed by atoms with Crippen LogP contribution in [-0.4, -0.2) is 18.7 Å². The second kappa shape index (κ2) is 9.88. The van der Waals surface area contributed by atoms with Crippen molar-refractivity contribution >= 4 is 23.0 Å². The summed E-state index contributed by atoms with van der Waals surface area (Å²) in [5.74, 6) is 0.638. The molecule has 0 aliphatic carbocycles. The van der Waals surface area contributed by atoms with Crippen molar-refractivity contribution in [2.75, 3.05) is 7.11 Å². The number of ether oxygens (including phenoxy) is 1. The third kappa shape index (κ3) is 5.20. The van der Waals surface area contributed by atoms with Gasteiger partial charge >= 0.3 is 0 Å². The van der Waals surface area contributed by atoms with Gasteiger partial charge in [-0.3, -0.25) is 4.79 Å². The molecule has 0 bridgehead atoms. The van der Waals surface area contributed by atoms with Crippen LogP contribution >= 0.6 is 11.3 Å². The highest BCUT2D eigenvalue weighted by Gasteiger charge is 2.09. The summed E-state index contributed by atoms with van der Waals surface area (Å²) in [6.45, 7) is 9.94. The van der Waals surface area contributed by atoms with Gasteiger partial charge in [0, 0.05) is 10.4 Å². The molecule has 130 valence electrons. The molecule has 4 nitrogen and oxygen atoms in total. The fourth-order valence-electron chi connectivity index (χ4n) is 2.11. The number of nitrogens with one attached hydrogen (secondary N) is 1. The number of amides is 1. The Morgan fingerprint density at radius 1 is 1.25 bits per heavy atom. The number of benzene rings is 1. The van der Waals surface area contributed by atoms with Crippen molar-refractivity contribution in [3.8, 4) is 5.75 Å². The number of rotatable bonds is 5. The van der Waals surface area contributed by atoms with Gasteiger partial charge in [0.15, 0.2) is 0 Å². The number of carbonyl (C=O) groups excluding carboxylic acids is 1. The zero-order chi connectivity index (χ0) is 18.1. The molecule has 2 aromatic rings. The van der Waals surface area contributed by atoms with Gasteiger partial charge in [-0.1, -0.05) is 20.8 Å². The number of aryl methyl sites for hydroxylation is 2. The van der Waals surface area contributed by atoms with Crippen LogP contribution < -0.4 is 10.2 Å². The number of methoxy groups -OCH3 is 1. The van der Waals surface area contributed by atoms with E-state index in [1.807, 2.05) is 58.0 Å². The highest BCUT2D eigenvalue weighted by Crippen LogP contribution is 2.18. The smallest absolute Gasteiger partial charge is 0.281 e. The van der Waals surface area contributed by atoms with Gasteiger partial charge in [0.2, 0.25) is 0 Å². The van der Waals surface area contributed by atoms with Gasteiger partial charge in [-0.15, -0.1) is 11.3 Å². The molecule has 24 heavy (non-hydrogen) atoms. The summed E-state index contributed by atoms with van der Waals surface area (Å²) in [6.07, 6.45) is 0.936. The van der Waals surface area contributed by atoms with E-state index >= 15 is 0 Å². The Hall–Kier alpha value is -2.14. The monoisotopic (exact) mass is 346 g/mol. The van der Waals surface area contributed by atoms with Crippen molar-refractivity contribution in [3.05, 3.63) is 51.2 Å². The van der Waals surface area contributed by atoms with Crippen molar-refractivity contribution in [1.82, 2.24) is 5.43 Å². The lowest BCUT2D eigenvalue weighted by Crippen LogP contribution is -2.18. The topological polar surface area (TPSA) is 50.7 Å². The quantitative estimate of drug-likeness (QED) is 0.624. The lowest BCUT2D eigenvalue weighted by molar-refractivity contribution is 0.0959. The average molecular weight is 346 g/mol. The average Bonchev–Trinajstić information content (AvgIpc) is 3.10. The Bertz CT molecular complexity index is 705. The highest BCUT2D eigenvalue weighted by molar-refractivity contribution is 7.14. The molecule has 2 rings (SSSR count). The predicted octanol–water partition coefficient (Wildman–Crippen LogP) is 4.81. The number of hydrogen-bond donors (Lipinski definition) is 1. The Morgan fingerprint density at radius 2 is 1.96 bits per heavy atom. The van der Waals surface area contributed by atoms with Gasteiger partial charge in [-0.05, 0) is 56.2 Å².